The number of cyclic esters (lactones) is 1. The Labute approximate surface area is 121 Å². The maximum absolute atomic E-state index is 12.8. The number of nitrogens with one attached hydrogen (secondary N) is 1. The standard InChI is InChI=1S/C14H17FN2O4/c1-13(2)14(3,20)17(12(19)21-13)8-11(18)16-10-6-4-9(15)5-7-10/h4-7,20H,8H2,1-3H3,(H,16,18)/t14-/m0/s1. The van der Waals surface area contributed by atoms with Gasteiger partial charge in [0.2, 0.25) is 5.91 Å². The molecule has 1 fully saturated rings. The van der Waals surface area contributed by atoms with Crippen molar-refractivity contribution in [2.75, 3.05) is 11.9 Å². The maximum atomic E-state index is 12.8. The van der Waals surface area contributed by atoms with Crippen LogP contribution in [0.2, 0.25) is 0 Å². The van der Waals surface area contributed by atoms with Crippen LogP contribution in [0.15, 0.2) is 24.3 Å². The van der Waals surface area contributed by atoms with Gasteiger partial charge in [0.15, 0.2) is 11.3 Å². The van der Waals surface area contributed by atoms with Crippen LogP contribution in [0.25, 0.3) is 0 Å². The molecule has 1 heterocycles. The average molecular weight is 296 g/mol. The molecule has 7 heteroatoms. The molecule has 0 bridgehead atoms. The van der Waals surface area contributed by atoms with Crippen molar-refractivity contribution in [2.45, 2.75) is 32.1 Å². The molecule has 2 rings (SSSR count). The summed E-state index contributed by atoms with van der Waals surface area (Å²) in [5.41, 5.74) is -2.34. The van der Waals surface area contributed by atoms with Gasteiger partial charge in [-0.25, -0.2) is 9.18 Å². The molecule has 0 unspecified atom stereocenters. The smallest absolute Gasteiger partial charge is 0.413 e. The summed E-state index contributed by atoms with van der Waals surface area (Å²) in [6.07, 6.45) is -0.765. The predicted molar refractivity (Wildman–Crippen MR) is 72.9 cm³/mol. The second kappa shape index (κ2) is 5.00. The Morgan fingerprint density at radius 1 is 1.33 bits per heavy atom. The van der Waals surface area contributed by atoms with Crippen molar-refractivity contribution >= 4 is 17.7 Å². The van der Waals surface area contributed by atoms with E-state index < -0.39 is 29.1 Å². The molecule has 0 aromatic heterocycles. The maximum Gasteiger partial charge on any atom is 0.413 e. The molecule has 0 radical (unpaired) electrons. The second-order valence-corrected chi connectivity index (χ2v) is 5.54. The first-order chi connectivity index (χ1) is 9.63. The highest BCUT2D eigenvalue weighted by atomic mass is 19.1. The summed E-state index contributed by atoms with van der Waals surface area (Å²) in [6, 6.07) is 5.22. The number of halogens is 1. The summed E-state index contributed by atoms with van der Waals surface area (Å²) in [6.45, 7) is 4.15. The van der Waals surface area contributed by atoms with Crippen molar-refractivity contribution < 1.29 is 23.8 Å². The lowest BCUT2D eigenvalue weighted by Crippen LogP contribution is -2.55. The molecule has 2 amide bonds. The summed E-state index contributed by atoms with van der Waals surface area (Å²) in [5, 5.41) is 12.9. The Kier molecular flexibility index (Phi) is 3.63. The highest BCUT2D eigenvalue weighted by Gasteiger charge is 2.56. The molecule has 1 atom stereocenters. The zero-order valence-corrected chi connectivity index (χ0v) is 12.0. The molecular weight excluding hydrogens is 279 g/mol. The molecule has 2 N–H and O–H groups in total. The third-order valence-corrected chi connectivity index (χ3v) is 3.66. The summed E-state index contributed by atoms with van der Waals surface area (Å²) in [7, 11) is 0. The monoisotopic (exact) mass is 296 g/mol. The minimum Gasteiger partial charge on any atom is -0.438 e. The van der Waals surface area contributed by atoms with Gasteiger partial charge in [-0.05, 0) is 45.0 Å². The summed E-state index contributed by atoms with van der Waals surface area (Å²) in [4.78, 5) is 24.6. The lowest BCUT2D eigenvalue weighted by Gasteiger charge is -2.34. The van der Waals surface area contributed by atoms with E-state index in [1.54, 1.807) is 13.8 Å². The fourth-order valence-electron chi connectivity index (χ4n) is 1.97. The van der Waals surface area contributed by atoms with E-state index in [-0.39, 0.29) is 6.54 Å². The van der Waals surface area contributed by atoms with Gasteiger partial charge in [0, 0.05) is 5.69 Å². The molecular formula is C14H17FN2O4. The molecule has 1 aliphatic heterocycles. The van der Waals surface area contributed by atoms with E-state index >= 15 is 0 Å². The Bertz CT molecular complexity index is 569. The van der Waals surface area contributed by atoms with E-state index in [0.29, 0.717) is 5.69 Å². The van der Waals surface area contributed by atoms with E-state index in [1.807, 2.05) is 0 Å². The second-order valence-electron chi connectivity index (χ2n) is 5.54. The third-order valence-electron chi connectivity index (χ3n) is 3.66. The van der Waals surface area contributed by atoms with Crippen molar-refractivity contribution in [2.24, 2.45) is 0 Å². The minimum atomic E-state index is -1.61. The Hall–Kier alpha value is -2.15. The minimum absolute atomic E-state index is 0.368. The SMILES string of the molecule is CC1(C)OC(=O)N(CC(=O)Nc2ccc(F)cc2)[C@@]1(C)O. The largest absolute Gasteiger partial charge is 0.438 e. The fraction of sp³-hybridized carbons (Fsp3) is 0.429. The molecule has 1 aromatic rings. The number of carbonyl (C=O) groups is 2. The first kappa shape index (κ1) is 15.2. The number of amides is 2. The van der Waals surface area contributed by atoms with Gasteiger partial charge in [-0.3, -0.25) is 9.69 Å². The van der Waals surface area contributed by atoms with Crippen LogP contribution in [-0.2, 0) is 9.53 Å². The van der Waals surface area contributed by atoms with E-state index in [2.05, 4.69) is 5.32 Å². The molecule has 6 nitrogen and oxygen atoms in total. The number of hydrogen-bond donors (Lipinski definition) is 2. The van der Waals surface area contributed by atoms with Gasteiger partial charge in [-0.15, -0.1) is 0 Å². The van der Waals surface area contributed by atoms with Crippen molar-refractivity contribution in [1.82, 2.24) is 4.90 Å². The summed E-state index contributed by atoms with van der Waals surface area (Å²) < 4.78 is 17.8. The van der Waals surface area contributed by atoms with E-state index in [1.165, 1.54) is 31.2 Å². The molecule has 114 valence electrons. The molecule has 0 saturated carbocycles. The Balaban J connectivity index is 2.06. The molecule has 0 aliphatic carbocycles. The number of nitrogens with zero attached hydrogens (tertiary/aromatic N) is 1. The van der Waals surface area contributed by atoms with Gasteiger partial charge in [-0.1, -0.05) is 0 Å². The highest BCUT2D eigenvalue weighted by molar-refractivity contribution is 5.94. The molecule has 1 aromatic carbocycles. The van der Waals surface area contributed by atoms with Crippen LogP contribution in [0.1, 0.15) is 20.8 Å². The first-order valence-electron chi connectivity index (χ1n) is 6.42. The number of hydrogen-bond acceptors (Lipinski definition) is 4. The van der Waals surface area contributed by atoms with Crippen LogP contribution >= 0.6 is 0 Å². The zero-order valence-electron chi connectivity index (χ0n) is 12.0. The van der Waals surface area contributed by atoms with E-state index in [9.17, 15) is 19.1 Å². The number of aliphatic hydroxyl groups is 1. The normalized spacial score (nSPS) is 23.9. The zero-order chi connectivity index (χ0) is 15.8. The quantitative estimate of drug-likeness (QED) is 0.890. The predicted octanol–water partition coefficient (Wildman–Crippen LogP) is 1.70. The van der Waals surface area contributed by atoms with Crippen LogP contribution in [0.5, 0.6) is 0 Å². The molecule has 21 heavy (non-hydrogen) atoms. The lowest BCUT2D eigenvalue weighted by atomic mass is 9.96. The van der Waals surface area contributed by atoms with Crippen molar-refractivity contribution in [3.63, 3.8) is 0 Å². The summed E-state index contributed by atoms with van der Waals surface area (Å²) in [5.74, 6) is -0.933. The van der Waals surface area contributed by atoms with Gasteiger partial charge < -0.3 is 15.2 Å². The number of anilines is 1. The van der Waals surface area contributed by atoms with Gasteiger partial charge in [0.25, 0.3) is 0 Å². The first-order valence-corrected chi connectivity index (χ1v) is 6.42. The third kappa shape index (κ3) is 2.82. The number of benzene rings is 1. The van der Waals surface area contributed by atoms with Crippen LogP contribution in [0.4, 0.5) is 14.9 Å². The van der Waals surface area contributed by atoms with Crippen LogP contribution in [-0.4, -0.2) is 39.9 Å². The van der Waals surface area contributed by atoms with Crippen LogP contribution in [0, 0.1) is 5.82 Å². The van der Waals surface area contributed by atoms with Crippen molar-refractivity contribution in [1.29, 1.82) is 0 Å². The topological polar surface area (TPSA) is 78.9 Å². The number of rotatable bonds is 3. The number of ether oxygens (including phenoxy) is 1. The van der Waals surface area contributed by atoms with Crippen LogP contribution < -0.4 is 5.32 Å². The van der Waals surface area contributed by atoms with Gasteiger partial charge in [0.1, 0.15) is 12.4 Å². The average Bonchev–Trinajstić information content (AvgIpc) is 2.51. The van der Waals surface area contributed by atoms with Crippen molar-refractivity contribution in [3.8, 4) is 0 Å². The molecule has 1 aliphatic rings. The lowest BCUT2D eigenvalue weighted by molar-refractivity contribution is -0.137. The highest BCUT2D eigenvalue weighted by Crippen LogP contribution is 2.36. The Morgan fingerprint density at radius 2 is 1.90 bits per heavy atom. The van der Waals surface area contributed by atoms with Crippen molar-refractivity contribution in [3.05, 3.63) is 30.1 Å². The Morgan fingerprint density at radius 3 is 2.38 bits per heavy atom. The fourth-order valence-corrected chi connectivity index (χ4v) is 1.97. The van der Waals surface area contributed by atoms with Gasteiger partial charge >= 0.3 is 6.09 Å². The van der Waals surface area contributed by atoms with Gasteiger partial charge in [0.05, 0.1) is 0 Å². The number of carbonyl (C=O) groups excluding carboxylic acids is 2. The van der Waals surface area contributed by atoms with E-state index in [4.69, 9.17) is 4.74 Å². The van der Waals surface area contributed by atoms with E-state index in [0.717, 1.165) is 4.90 Å². The molecule has 0 spiro atoms. The van der Waals surface area contributed by atoms with Crippen LogP contribution in [0.3, 0.4) is 0 Å². The van der Waals surface area contributed by atoms with Gasteiger partial charge in [-0.2, -0.15) is 0 Å². The summed E-state index contributed by atoms with van der Waals surface area (Å²) >= 11 is 0. The molecule has 1 saturated heterocycles.